The van der Waals surface area contributed by atoms with Crippen LogP contribution in [0.4, 0.5) is 0 Å². The number of hydrogen-bond acceptors (Lipinski definition) is 4. The fourth-order valence-corrected chi connectivity index (χ4v) is 2.22. The minimum Gasteiger partial charge on any atom is -0.497 e. The summed E-state index contributed by atoms with van der Waals surface area (Å²) >= 11 is 6.08. The Morgan fingerprint density at radius 2 is 2.00 bits per heavy atom. The lowest BCUT2D eigenvalue weighted by Crippen LogP contribution is -2.05. The number of carbonyl (C=O) groups excluding carboxylic acids is 1. The van der Waals surface area contributed by atoms with Gasteiger partial charge in [0.05, 0.1) is 7.11 Å². The van der Waals surface area contributed by atoms with Gasteiger partial charge in [-0.05, 0) is 35.9 Å². The predicted octanol–water partition coefficient (Wildman–Crippen LogP) is 3.69. The van der Waals surface area contributed by atoms with Gasteiger partial charge in [-0.3, -0.25) is 0 Å². The van der Waals surface area contributed by atoms with Crippen molar-refractivity contribution in [3.8, 4) is 5.75 Å². The number of cyclic esters (lactones) is 1. The molecule has 1 heterocycles. The Morgan fingerprint density at radius 1 is 1.18 bits per heavy atom. The van der Waals surface area contributed by atoms with Crippen LogP contribution in [0.2, 0.25) is 5.02 Å². The van der Waals surface area contributed by atoms with Gasteiger partial charge in [0.25, 0.3) is 0 Å². The highest BCUT2D eigenvalue weighted by molar-refractivity contribution is 6.32. The Kier molecular flexibility index (Phi) is 3.94. The molecular weight excluding hydrogens is 302 g/mol. The number of carbonyl (C=O) groups is 1. The van der Waals surface area contributed by atoms with E-state index in [1.165, 1.54) is 0 Å². The number of benzene rings is 2. The molecule has 0 bridgehead atoms. The third kappa shape index (κ3) is 2.87. The zero-order valence-corrected chi connectivity index (χ0v) is 12.5. The fraction of sp³-hybridized carbons (Fsp3) is 0.0588. The third-order valence-corrected chi connectivity index (χ3v) is 3.48. The molecule has 0 saturated carbocycles. The SMILES string of the molecule is COc1cccc(C2=N/C(=C/c3ccccc3Cl)C(=O)O2)c1. The zero-order valence-electron chi connectivity index (χ0n) is 11.7. The van der Waals surface area contributed by atoms with Crippen molar-refractivity contribution in [1.82, 2.24) is 0 Å². The number of aliphatic imine (C=N–C) groups is 1. The van der Waals surface area contributed by atoms with E-state index in [0.717, 1.165) is 0 Å². The average Bonchev–Trinajstić information content (AvgIpc) is 2.91. The zero-order chi connectivity index (χ0) is 15.5. The van der Waals surface area contributed by atoms with E-state index in [1.54, 1.807) is 43.5 Å². The van der Waals surface area contributed by atoms with Crippen molar-refractivity contribution >= 4 is 29.5 Å². The number of halogens is 1. The van der Waals surface area contributed by atoms with Crippen LogP contribution < -0.4 is 4.74 Å². The summed E-state index contributed by atoms with van der Waals surface area (Å²) in [4.78, 5) is 16.2. The summed E-state index contributed by atoms with van der Waals surface area (Å²) in [5.74, 6) is 0.416. The molecular formula is C17H12ClNO3. The molecule has 0 saturated heterocycles. The Bertz CT molecular complexity index is 796. The van der Waals surface area contributed by atoms with Gasteiger partial charge in [0.1, 0.15) is 5.75 Å². The fourth-order valence-electron chi connectivity index (χ4n) is 2.03. The van der Waals surface area contributed by atoms with Crippen LogP contribution in [0.3, 0.4) is 0 Å². The molecule has 0 aliphatic carbocycles. The van der Waals surface area contributed by atoms with Crippen molar-refractivity contribution in [1.29, 1.82) is 0 Å². The maximum absolute atomic E-state index is 11.9. The van der Waals surface area contributed by atoms with Gasteiger partial charge in [0.2, 0.25) is 5.90 Å². The number of methoxy groups -OCH3 is 1. The molecule has 3 rings (SSSR count). The third-order valence-electron chi connectivity index (χ3n) is 3.13. The molecule has 0 atom stereocenters. The number of ether oxygens (including phenoxy) is 2. The molecule has 0 spiro atoms. The largest absolute Gasteiger partial charge is 0.497 e. The van der Waals surface area contributed by atoms with Crippen LogP contribution in [0, 0.1) is 0 Å². The first-order valence-electron chi connectivity index (χ1n) is 6.59. The second-order valence-corrected chi connectivity index (χ2v) is 5.00. The van der Waals surface area contributed by atoms with Crippen LogP contribution in [0.15, 0.2) is 59.2 Å². The molecule has 0 amide bonds. The van der Waals surface area contributed by atoms with Crippen molar-refractivity contribution < 1.29 is 14.3 Å². The summed E-state index contributed by atoms with van der Waals surface area (Å²) in [6.07, 6.45) is 1.61. The lowest BCUT2D eigenvalue weighted by molar-refractivity contribution is -0.129. The van der Waals surface area contributed by atoms with Gasteiger partial charge < -0.3 is 9.47 Å². The normalized spacial score (nSPS) is 15.6. The summed E-state index contributed by atoms with van der Waals surface area (Å²) in [7, 11) is 1.57. The number of hydrogen-bond donors (Lipinski definition) is 0. The molecule has 110 valence electrons. The molecule has 0 N–H and O–H groups in total. The molecule has 0 radical (unpaired) electrons. The number of esters is 1. The molecule has 0 unspecified atom stereocenters. The van der Waals surface area contributed by atoms with Gasteiger partial charge in [-0.1, -0.05) is 35.9 Å². The molecule has 2 aromatic rings. The second kappa shape index (κ2) is 6.03. The number of nitrogens with zero attached hydrogens (tertiary/aromatic N) is 1. The molecule has 2 aromatic carbocycles. The van der Waals surface area contributed by atoms with Crippen molar-refractivity contribution in [2.24, 2.45) is 4.99 Å². The average molecular weight is 314 g/mol. The van der Waals surface area contributed by atoms with E-state index in [-0.39, 0.29) is 11.6 Å². The van der Waals surface area contributed by atoms with Crippen molar-refractivity contribution in [3.05, 3.63) is 70.4 Å². The Hall–Kier alpha value is -2.59. The molecule has 5 heteroatoms. The Labute approximate surface area is 132 Å². The lowest BCUT2D eigenvalue weighted by atomic mass is 10.2. The summed E-state index contributed by atoms with van der Waals surface area (Å²) < 4.78 is 10.4. The molecule has 0 fully saturated rings. The molecule has 4 nitrogen and oxygen atoms in total. The van der Waals surface area contributed by atoms with E-state index < -0.39 is 5.97 Å². The number of rotatable bonds is 3. The van der Waals surface area contributed by atoms with Crippen molar-refractivity contribution in [2.45, 2.75) is 0 Å². The highest BCUT2D eigenvalue weighted by Crippen LogP contribution is 2.24. The molecule has 22 heavy (non-hydrogen) atoms. The van der Waals surface area contributed by atoms with E-state index >= 15 is 0 Å². The Morgan fingerprint density at radius 3 is 2.77 bits per heavy atom. The van der Waals surface area contributed by atoms with Crippen LogP contribution in [0.25, 0.3) is 6.08 Å². The molecule has 1 aliphatic heterocycles. The molecule has 0 aromatic heterocycles. The van der Waals surface area contributed by atoms with Gasteiger partial charge in [-0.2, -0.15) is 0 Å². The van der Waals surface area contributed by atoms with Gasteiger partial charge in [0, 0.05) is 10.6 Å². The van der Waals surface area contributed by atoms with Crippen LogP contribution in [0.5, 0.6) is 5.75 Å². The van der Waals surface area contributed by atoms with Crippen LogP contribution in [-0.2, 0) is 9.53 Å². The van der Waals surface area contributed by atoms with Crippen molar-refractivity contribution in [3.63, 3.8) is 0 Å². The lowest BCUT2D eigenvalue weighted by Gasteiger charge is -2.02. The van der Waals surface area contributed by atoms with Crippen LogP contribution in [-0.4, -0.2) is 19.0 Å². The monoisotopic (exact) mass is 313 g/mol. The first-order valence-corrected chi connectivity index (χ1v) is 6.96. The topological polar surface area (TPSA) is 47.9 Å². The maximum atomic E-state index is 11.9. The predicted molar refractivity (Wildman–Crippen MR) is 85.1 cm³/mol. The summed E-state index contributed by atoms with van der Waals surface area (Å²) in [6.45, 7) is 0. The first kappa shape index (κ1) is 14.4. The van der Waals surface area contributed by atoms with Gasteiger partial charge in [0.15, 0.2) is 5.70 Å². The second-order valence-electron chi connectivity index (χ2n) is 4.59. The smallest absolute Gasteiger partial charge is 0.363 e. The minimum atomic E-state index is -0.502. The van der Waals surface area contributed by atoms with Crippen LogP contribution in [0.1, 0.15) is 11.1 Å². The van der Waals surface area contributed by atoms with Gasteiger partial charge >= 0.3 is 5.97 Å². The van der Waals surface area contributed by atoms with Gasteiger partial charge in [-0.25, -0.2) is 9.79 Å². The van der Waals surface area contributed by atoms with Gasteiger partial charge in [-0.15, -0.1) is 0 Å². The maximum Gasteiger partial charge on any atom is 0.363 e. The van der Waals surface area contributed by atoms with Crippen LogP contribution >= 0.6 is 11.6 Å². The Balaban J connectivity index is 1.96. The first-order chi connectivity index (χ1) is 10.7. The summed E-state index contributed by atoms with van der Waals surface area (Å²) in [5.41, 5.74) is 1.60. The van der Waals surface area contributed by atoms with E-state index in [0.29, 0.717) is 21.9 Å². The van der Waals surface area contributed by atoms with E-state index in [2.05, 4.69) is 4.99 Å². The quantitative estimate of drug-likeness (QED) is 0.641. The van der Waals surface area contributed by atoms with E-state index in [4.69, 9.17) is 21.1 Å². The highest BCUT2D eigenvalue weighted by Gasteiger charge is 2.24. The van der Waals surface area contributed by atoms with E-state index in [9.17, 15) is 4.79 Å². The molecule has 1 aliphatic rings. The van der Waals surface area contributed by atoms with Crippen molar-refractivity contribution in [2.75, 3.05) is 7.11 Å². The standard InChI is InChI=1S/C17H12ClNO3/c1-21-13-7-4-6-12(9-13)16-19-15(17(20)22-16)10-11-5-2-3-8-14(11)18/h2-10H,1H3/b15-10+. The summed E-state index contributed by atoms with van der Waals surface area (Å²) in [6, 6.07) is 14.4. The minimum absolute atomic E-state index is 0.214. The van der Waals surface area contributed by atoms with E-state index in [1.807, 2.05) is 18.2 Å². The summed E-state index contributed by atoms with van der Waals surface area (Å²) in [5, 5.41) is 0.549. The highest BCUT2D eigenvalue weighted by atomic mass is 35.5.